The highest BCUT2D eigenvalue weighted by atomic mass is 16.5. The molecule has 0 aliphatic heterocycles. The third-order valence-corrected chi connectivity index (χ3v) is 5.19. The lowest BCUT2D eigenvalue weighted by Gasteiger charge is -2.34. The van der Waals surface area contributed by atoms with Crippen molar-refractivity contribution in [3.05, 3.63) is 52.6 Å². The summed E-state index contributed by atoms with van der Waals surface area (Å²) in [6.45, 7) is 20.6. The van der Waals surface area contributed by atoms with Gasteiger partial charge in [-0.25, -0.2) is 0 Å². The minimum Gasteiger partial charge on any atom is -0.508 e. The summed E-state index contributed by atoms with van der Waals surface area (Å²) in [7, 11) is 1.74. The maximum atomic E-state index is 10.8. The summed E-state index contributed by atoms with van der Waals surface area (Å²) in [5.41, 5.74) is 6.91. The maximum Gasteiger partial charge on any atom is 0.119 e. The minimum absolute atomic E-state index is 0.0420. The molecule has 0 fully saturated rings. The number of phenols is 1. The van der Waals surface area contributed by atoms with Crippen molar-refractivity contribution in [2.75, 3.05) is 7.11 Å². The van der Waals surface area contributed by atoms with Crippen LogP contribution in [-0.4, -0.2) is 12.2 Å². The van der Waals surface area contributed by atoms with Gasteiger partial charge in [-0.05, 0) is 50.1 Å². The van der Waals surface area contributed by atoms with E-state index in [0.717, 1.165) is 11.1 Å². The molecule has 0 aromatic heterocycles. The first-order valence-electron chi connectivity index (χ1n) is 10.2. The second-order valence-electron chi connectivity index (χ2n) is 10.9. The molecule has 0 bridgehead atoms. The van der Waals surface area contributed by atoms with E-state index in [9.17, 15) is 5.11 Å². The van der Waals surface area contributed by atoms with Gasteiger partial charge in [-0.2, -0.15) is 0 Å². The summed E-state index contributed by atoms with van der Waals surface area (Å²) in [4.78, 5) is 0. The van der Waals surface area contributed by atoms with Gasteiger partial charge in [0.2, 0.25) is 0 Å². The molecule has 0 radical (unpaired) electrons. The smallest absolute Gasteiger partial charge is 0.119 e. The monoisotopic (exact) mass is 382 g/mol. The molecular formula is C26H38O2. The van der Waals surface area contributed by atoms with Crippen molar-refractivity contribution < 1.29 is 9.84 Å². The second-order valence-corrected chi connectivity index (χ2v) is 10.9. The Morgan fingerprint density at radius 2 is 1.29 bits per heavy atom. The molecule has 0 atom stereocenters. The fourth-order valence-corrected chi connectivity index (χ4v) is 3.96. The van der Waals surface area contributed by atoms with E-state index in [1.54, 1.807) is 13.2 Å². The topological polar surface area (TPSA) is 29.5 Å². The van der Waals surface area contributed by atoms with Crippen LogP contribution >= 0.6 is 0 Å². The minimum atomic E-state index is -0.170. The zero-order valence-corrected chi connectivity index (χ0v) is 19.4. The lowest BCUT2D eigenvalue weighted by Crippen LogP contribution is -2.22. The van der Waals surface area contributed by atoms with Crippen molar-refractivity contribution in [2.45, 2.75) is 85.2 Å². The third-order valence-electron chi connectivity index (χ3n) is 5.19. The molecule has 1 N–H and O–H groups in total. The van der Waals surface area contributed by atoms with Gasteiger partial charge < -0.3 is 9.84 Å². The van der Waals surface area contributed by atoms with Crippen LogP contribution in [0, 0.1) is 0 Å². The number of hydrogen-bond donors (Lipinski definition) is 1. The molecule has 0 amide bonds. The largest absolute Gasteiger partial charge is 0.508 e. The molecule has 0 aliphatic rings. The molecule has 154 valence electrons. The van der Waals surface area contributed by atoms with Gasteiger partial charge in [0.1, 0.15) is 5.75 Å². The fourth-order valence-electron chi connectivity index (χ4n) is 3.96. The average Bonchev–Trinajstić information content (AvgIpc) is 2.51. The summed E-state index contributed by atoms with van der Waals surface area (Å²) in [5.74, 6) is 0.366. The number of rotatable bonds is 3. The number of methoxy groups -OCH3 is 1. The molecule has 0 aliphatic carbocycles. The highest BCUT2D eigenvalue weighted by Crippen LogP contribution is 2.46. The molecule has 2 aromatic rings. The number of ether oxygens (including phenoxy) is 1. The summed E-state index contributed by atoms with van der Waals surface area (Å²) in [6, 6.07) is 10.5. The van der Waals surface area contributed by atoms with Gasteiger partial charge in [-0.3, -0.25) is 0 Å². The van der Waals surface area contributed by atoms with E-state index in [2.05, 4.69) is 80.5 Å². The Morgan fingerprint density at radius 3 is 1.68 bits per heavy atom. The van der Waals surface area contributed by atoms with Gasteiger partial charge in [0.25, 0.3) is 0 Å². The van der Waals surface area contributed by atoms with E-state index in [4.69, 9.17) is 4.74 Å². The van der Waals surface area contributed by atoms with E-state index in [1.807, 2.05) is 6.07 Å². The first-order chi connectivity index (χ1) is 12.7. The number of phenolic OH excluding ortho intramolecular Hbond substituents is 1. The fraction of sp³-hybridized carbons (Fsp3) is 0.538. The van der Waals surface area contributed by atoms with Crippen molar-refractivity contribution >= 4 is 0 Å². The zero-order chi connectivity index (χ0) is 21.5. The van der Waals surface area contributed by atoms with Crippen LogP contribution in [0.1, 0.15) is 84.6 Å². The molecule has 2 rings (SSSR count). The van der Waals surface area contributed by atoms with E-state index >= 15 is 0 Å². The Hall–Kier alpha value is -1.80. The lowest BCUT2D eigenvalue weighted by molar-refractivity contribution is 0.184. The Morgan fingerprint density at radius 1 is 0.786 bits per heavy atom. The molecule has 0 saturated heterocycles. The van der Waals surface area contributed by atoms with E-state index < -0.39 is 0 Å². The summed E-state index contributed by atoms with van der Waals surface area (Å²) in [5, 5.41) is 10.8. The molecule has 0 heterocycles. The van der Waals surface area contributed by atoms with Crippen LogP contribution < -0.4 is 0 Å². The maximum absolute atomic E-state index is 10.8. The summed E-state index contributed by atoms with van der Waals surface area (Å²) >= 11 is 0. The number of benzene rings is 2. The Kier molecular flexibility index (Phi) is 6.07. The van der Waals surface area contributed by atoms with Crippen molar-refractivity contribution in [3.8, 4) is 16.9 Å². The molecule has 0 spiro atoms. The van der Waals surface area contributed by atoms with Gasteiger partial charge in [0, 0.05) is 12.7 Å². The molecule has 2 nitrogen and oxygen atoms in total. The van der Waals surface area contributed by atoms with Crippen LogP contribution in [0.15, 0.2) is 30.3 Å². The van der Waals surface area contributed by atoms with Crippen LogP contribution in [0.2, 0.25) is 0 Å². The molecule has 28 heavy (non-hydrogen) atoms. The van der Waals surface area contributed by atoms with Gasteiger partial charge >= 0.3 is 0 Å². The number of hydrogen-bond acceptors (Lipinski definition) is 2. The predicted octanol–water partition coefficient (Wildman–Crippen LogP) is 7.10. The van der Waals surface area contributed by atoms with Crippen molar-refractivity contribution in [3.63, 3.8) is 0 Å². The highest BCUT2D eigenvalue weighted by Gasteiger charge is 2.31. The van der Waals surface area contributed by atoms with Crippen LogP contribution in [-0.2, 0) is 27.6 Å². The zero-order valence-electron chi connectivity index (χ0n) is 19.4. The van der Waals surface area contributed by atoms with Gasteiger partial charge in [0.05, 0.1) is 6.61 Å². The molecule has 0 unspecified atom stereocenters. The molecule has 2 heteroatoms. The van der Waals surface area contributed by atoms with E-state index in [-0.39, 0.29) is 16.2 Å². The number of aromatic hydroxyl groups is 1. The van der Waals surface area contributed by atoms with Gasteiger partial charge in [-0.15, -0.1) is 0 Å². The Balaban J connectivity index is 3.05. The van der Waals surface area contributed by atoms with Crippen LogP contribution in [0.3, 0.4) is 0 Å². The third kappa shape index (κ3) is 4.60. The van der Waals surface area contributed by atoms with Crippen LogP contribution in [0.4, 0.5) is 0 Å². The molecule has 2 aromatic carbocycles. The quantitative estimate of drug-likeness (QED) is 0.613. The normalized spacial score (nSPS) is 13.1. The SMILES string of the molecule is COCc1cc(C(C)(C)C)c(-c2cccc(O)c2C(C)(C)C)c(C(C)(C)C)c1. The standard InChI is InChI=1S/C26H38O2/c1-24(2,3)19-14-17(16-28-10)15-20(25(4,5)6)22(19)18-12-11-13-21(27)23(18)26(7,8)9/h11-15,27H,16H2,1-10H3. The van der Waals surface area contributed by atoms with E-state index in [0.29, 0.717) is 12.4 Å². The summed E-state index contributed by atoms with van der Waals surface area (Å²) < 4.78 is 5.47. The van der Waals surface area contributed by atoms with Crippen LogP contribution in [0.5, 0.6) is 5.75 Å². The van der Waals surface area contributed by atoms with Crippen molar-refractivity contribution in [1.82, 2.24) is 0 Å². The van der Waals surface area contributed by atoms with Gasteiger partial charge in [-0.1, -0.05) is 86.6 Å². The Bertz CT molecular complexity index is 805. The Labute approximate surface area is 172 Å². The highest BCUT2D eigenvalue weighted by molar-refractivity contribution is 5.79. The van der Waals surface area contributed by atoms with Crippen molar-refractivity contribution in [2.24, 2.45) is 0 Å². The van der Waals surface area contributed by atoms with Gasteiger partial charge in [0.15, 0.2) is 0 Å². The molecule has 0 saturated carbocycles. The first kappa shape index (κ1) is 22.5. The predicted molar refractivity (Wildman–Crippen MR) is 120 cm³/mol. The summed E-state index contributed by atoms with van der Waals surface area (Å²) in [6.07, 6.45) is 0. The van der Waals surface area contributed by atoms with E-state index in [1.165, 1.54) is 22.3 Å². The van der Waals surface area contributed by atoms with Crippen molar-refractivity contribution in [1.29, 1.82) is 0 Å². The molecular weight excluding hydrogens is 344 g/mol. The van der Waals surface area contributed by atoms with Crippen LogP contribution in [0.25, 0.3) is 11.1 Å². The second kappa shape index (κ2) is 7.55. The lowest BCUT2D eigenvalue weighted by atomic mass is 9.71. The first-order valence-corrected chi connectivity index (χ1v) is 10.2. The average molecular weight is 383 g/mol.